The Morgan fingerprint density at radius 2 is 1.76 bits per heavy atom. The summed E-state index contributed by atoms with van der Waals surface area (Å²) in [5, 5.41) is 15.7. The Morgan fingerprint density at radius 1 is 1.15 bits per heavy atom. The van der Waals surface area contributed by atoms with Gasteiger partial charge in [-0.1, -0.05) is 25.1 Å². The molecule has 1 aromatic carbocycles. The molecule has 1 rings (SSSR count). The molecule has 0 heterocycles. The number of alkyl carbamates (subject to hydrolysis) is 1. The van der Waals surface area contributed by atoms with Gasteiger partial charge in [-0.15, -0.1) is 0 Å². The monoisotopic (exact) mass is 479 g/mol. The second-order valence-corrected chi connectivity index (χ2v) is 9.08. The Kier molecular flexibility index (Phi) is 10.3. The molecule has 0 aliphatic heterocycles. The predicted molar refractivity (Wildman–Crippen MR) is 126 cm³/mol. The zero-order chi connectivity index (χ0) is 26.2. The molecule has 34 heavy (non-hydrogen) atoms. The third-order valence-electron chi connectivity index (χ3n) is 5.15. The van der Waals surface area contributed by atoms with E-state index in [-0.39, 0.29) is 11.3 Å². The van der Waals surface area contributed by atoms with Crippen molar-refractivity contribution in [3.8, 4) is 5.75 Å². The van der Waals surface area contributed by atoms with Gasteiger partial charge in [-0.05, 0) is 53.5 Å². The minimum atomic E-state index is -1.27. The van der Waals surface area contributed by atoms with E-state index in [4.69, 9.17) is 4.74 Å². The van der Waals surface area contributed by atoms with Crippen molar-refractivity contribution in [2.24, 2.45) is 0 Å². The maximum absolute atomic E-state index is 13.6. The number of nitrogens with one attached hydrogen (secondary N) is 2. The lowest BCUT2D eigenvalue weighted by Gasteiger charge is -2.37. The van der Waals surface area contributed by atoms with Crippen molar-refractivity contribution >= 4 is 23.9 Å². The van der Waals surface area contributed by atoms with Crippen LogP contribution in [-0.4, -0.2) is 65.2 Å². The molecule has 3 atom stereocenters. The molecule has 3 amide bonds. The molecule has 10 nitrogen and oxygen atoms in total. The maximum atomic E-state index is 13.6. The van der Waals surface area contributed by atoms with Crippen LogP contribution in [-0.2, 0) is 23.9 Å². The van der Waals surface area contributed by atoms with Gasteiger partial charge >= 0.3 is 12.1 Å². The fourth-order valence-electron chi connectivity index (χ4n) is 3.21. The largest absolute Gasteiger partial charge is 0.507 e. The first kappa shape index (κ1) is 28.7. The molecule has 190 valence electrons. The van der Waals surface area contributed by atoms with E-state index in [1.807, 2.05) is 6.92 Å². The van der Waals surface area contributed by atoms with Gasteiger partial charge in [0, 0.05) is 11.6 Å². The van der Waals surface area contributed by atoms with Crippen LogP contribution in [0.5, 0.6) is 5.75 Å². The van der Waals surface area contributed by atoms with Crippen LogP contribution in [0.15, 0.2) is 18.2 Å². The second kappa shape index (κ2) is 12.2. The molecule has 0 bridgehead atoms. The topological polar surface area (TPSA) is 134 Å². The van der Waals surface area contributed by atoms with E-state index in [0.717, 1.165) is 0 Å². The number of amides is 3. The van der Waals surface area contributed by atoms with Crippen LogP contribution in [0.1, 0.15) is 65.1 Å². The van der Waals surface area contributed by atoms with Gasteiger partial charge in [-0.2, -0.15) is 0 Å². The Morgan fingerprint density at radius 3 is 2.29 bits per heavy atom. The number of aryl methyl sites for hydroxylation is 1. The number of hydrogen-bond donors (Lipinski definition) is 3. The minimum absolute atomic E-state index is 0.144. The molecule has 0 aromatic heterocycles. The van der Waals surface area contributed by atoms with Gasteiger partial charge in [0.05, 0.1) is 7.11 Å². The molecule has 10 heteroatoms. The number of esters is 1. The zero-order valence-corrected chi connectivity index (χ0v) is 21.2. The highest BCUT2D eigenvalue weighted by Crippen LogP contribution is 2.33. The highest BCUT2D eigenvalue weighted by molar-refractivity contribution is 5.93. The lowest BCUT2D eigenvalue weighted by atomic mass is 9.97. The number of phenols is 1. The molecule has 0 saturated heterocycles. The maximum Gasteiger partial charge on any atom is 0.408 e. The lowest BCUT2D eigenvalue weighted by molar-refractivity contribution is -0.146. The van der Waals surface area contributed by atoms with E-state index >= 15 is 0 Å². The Labute approximate surface area is 201 Å². The highest BCUT2D eigenvalue weighted by atomic mass is 16.6. The Hall–Kier alpha value is -3.30. The van der Waals surface area contributed by atoms with Gasteiger partial charge in [0.15, 0.2) is 0 Å². The fourth-order valence-corrected chi connectivity index (χ4v) is 3.21. The molecular weight excluding hydrogens is 442 g/mol. The molecular formula is C24H37N3O7. The van der Waals surface area contributed by atoms with Crippen LogP contribution >= 0.6 is 0 Å². The number of carbonyl (C=O) groups is 4. The van der Waals surface area contributed by atoms with E-state index < -0.39 is 54.1 Å². The minimum Gasteiger partial charge on any atom is -0.507 e. The summed E-state index contributed by atoms with van der Waals surface area (Å²) in [6.07, 6.45) is -0.291. The van der Waals surface area contributed by atoms with E-state index in [1.54, 1.807) is 52.8 Å². The first-order valence-electron chi connectivity index (χ1n) is 11.2. The normalized spacial score (nSPS) is 13.8. The summed E-state index contributed by atoms with van der Waals surface area (Å²) >= 11 is 0. The number of phenolic OH excluding ortho intramolecular Hbond substituents is 1. The average Bonchev–Trinajstić information content (AvgIpc) is 2.75. The van der Waals surface area contributed by atoms with E-state index in [9.17, 15) is 24.3 Å². The molecule has 3 N–H and O–H groups in total. The van der Waals surface area contributed by atoms with Gasteiger partial charge in [0.25, 0.3) is 0 Å². The quantitative estimate of drug-likeness (QED) is 0.463. The molecule has 0 aliphatic rings. The summed E-state index contributed by atoms with van der Waals surface area (Å²) in [5.74, 6) is -2.04. The number of hydrogen-bond acceptors (Lipinski definition) is 7. The fraction of sp³-hybridized carbons (Fsp3) is 0.583. The van der Waals surface area contributed by atoms with E-state index in [1.165, 1.54) is 18.9 Å². The second-order valence-electron chi connectivity index (χ2n) is 9.08. The van der Waals surface area contributed by atoms with Crippen LogP contribution < -0.4 is 10.6 Å². The first-order chi connectivity index (χ1) is 15.7. The van der Waals surface area contributed by atoms with Crippen LogP contribution in [0.3, 0.4) is 0 Å². The Bertz CT molecular complexity index is 895. The van der Waals surface area contributed by atoms with Crippen molar-refractivity contribution in [1.82, 2.24) is 15.5 Å². The summed E-state index contributed by atoms with van der Waals surface area (Å²) in [6.45, 7) is 11.5. The first-order valence-corrected chi connectivity index (χ1v) is 11.2. The smallest absolute Gasteiger partial charge is 0.408 e. The highest BCUT2D eigenvalue weighted by Gasteiger charge is 2.38. The summed E-state index contributed by atoms with van der Waals surface area (Å²) in [6, 6.07) is 2.11. The van der Waals surface area contributed by atoms with Gasteiger partial charge < -0.3 is 30.1 Å². The number of para-hydroxylation sites is 1. The number of carbonyl (C=O) groups excluding carboxylic acids is 4. The Balaban J connectivity index is 3.43. The van der Waals surface area contributed by atoms with Crippen LogP contribution in [0.4, 0.5) is 4.79 Å². The third kappa shape index (κ3) is 7.93. The van der Waals surface area contributed by atoms with Crippen molar-refractivity contribution in [3.63, 3.8) is 0 Å². The summed E-state index contributed by atoms with van der Waals surface area (Å²) < 4.78 is 9.82. The van der Waals surface area contributed by atoms with Crippen LogP contribution in [0.25, 0.3) is 0 Å². The number of nitrogens with zero attached hydrogens (tertiary/aromatic N) is 1. The summed E-state index contributed by atoms with van der Waals surface area (Å²) in [5.41, 5.74) is -0.0485. The van der Waals surface area contributed by atoms with Gasteiger partial charge in [-0.25, -0.2) is 4.79 Å². The third-order valence-corrected chi connectivity index (χ3v) is 5.15. The van der Waals surface area contributed by atoms with Crippen LogP contribution in [0, 0.1) is 6.92 Å². The average molecular weight is 480 g/mol. The van der Waals surface area contributed by atoms with Crippen molar-refractivity contribution in [3.05, 3.63) is 29.3 Å². The van der Waals surface area contributed by atoms with Crippen molar-refractivity contribution in [2.45, 2.75) is 78.6 Å². The summed E-state index contributed by atoms with van der Waals surface area (Å²) in [4.78, 5) is 52.0. The molecule has 0 radical (unpaired) electrons. The van der Waals surface area contributed by atoms with Gasteiger partial charge in [0.2, 0.25) is 11.8 Å². The molecule has 0 spiro atoms. The molecule has 0 aliphatic carbocycles. The predicted octanol–water partition coefficient (Wildman–Crippen LogP) is 2.57. The molecule has 1 aromatic rings. The molecule has 3 unspecified atom stereocenters. The van der Waals surface area contributed by atoms with E-state index in [2.05, 4.69) is 15.4 Å². The number of ether oxygens (including phenoxy) is 2. The van der Waals surface area contributed by atoms with Crippen molar-refractivity contribution in [2.75, 3.05) is 13.7 Å². The zero-order valence-electron chi connectivity index (χ0n) is 21.2. The number of aromatic hydroxyl groups is 1. The standard InChI is InChI=1S/C24H37N3O7/c1-9-15(3)27(22(31)16(4)26-23(32)34-24(5,6)7)19(21(30)25-13-18(28)33-8)17-12-10-11-14(2)20(17)29/h10-12,15-16,19,29H,9,13H2,1-8H3,(H,25,30)(H,26,32). The number of rotatable bonds is 9. The number of benzene rings is 1. The SMILES string of the molecule is CCC(C)N(C(=O)C(C)NC(=O)OC(C)(C)C)C(C(=O)NCC(=O)OC)c1cccc(C)c1O. The summed E-state index contributed by atoms with van der Waals surface area (Å²) in [7, 11) is 1.19. The number of methoxy groups -OCH3 is 1. The van der Waals surface area contributed by atoms with Gasteiger partial charge in [0.1, 0.15) is 30.0 Å². The molecule has 0 fully saturated rings. The van der Waals surface area contributed by atoms with Crippen LogP contribution in [0.2, 0.25) is 0 Å². The van der Waals surface area contributed by atoms with Gasteiger partial charge in [-0.3, -0.25) is 14.4 Å². The van der Waals surface area contributed by atoms with E-state index in [0.29, 0.717) is 12.0 Å². The lowest BCUT2D eigenvalue weighted by Crippen LogP contribution is -2.54. The molecule has 0 saturated carbocycles. The van der Waals surface area contributed by atoms with Crippen molar-refractivity contribution in [1.29, 1.82) is 0 Å². The van der Waals surface area contributed by atoms with Crippen molar-refractivity contribution < 1.29 is 33.8 Å².